The van der Waals surface area contributed by atoms with Crippen molar-refractivity contribution in [2.75, 3.05) is 0 Å². The van der Waals surface area contributed by atoms with Gasteiger partial charge in [-0.3, -0.25) is 0 Å². The first kappa shape index (κ1) is 15.3. The summed E-state index contributed by atoms with van der Waals surface area (Å²) in [6, 6.07) is 3.62. The van der Waals surface area contributed by atoms with E-state index < -0.39 is 11.4 Å². The monoisotopic (exact) mass is 289 g/mol. The summed E-state index contributed by atoms with van der Waals surface area (Å²) in [4.78, 5) is 1.69. The number of nitrogens with two attached hydrogens (primary N) is 1. The average Bonchev–Trinajstić information content (AvgIpc) is 2.75. The molecule has 0 aliphatic heterocycles. The molecule has 0 amide bonds. The second-order valence-electron chi connectivity index (χ2n) is 4.91. The van der Waals surface area contributed by atoms with Gasteiger partial charge in [0.1, 0.15) is 4.75 Å². The molecule has 2 atom stereocenters. The average molecular weight is 289 g/mol. The molecule has 0 aliphatic carbocycles. The van der Waals surface area contributed by atoms with E-state index in [9.17, 15) is 4.55 Å². The first-order valence-corrected chi connectivity index (χ1v) is 7.48. The maximum Gasteiger partial charge on any atom is 0.180 e. The Morgan fingerprint density at radius 2 is 2.17 bits per heavy atom. The minimum Gasteiger partial charge on any atom is -0.598 e. The smallest absolute Gasteiger partial charge is 0.180 e. The third-order valence-electron chi connectivity index (χ3n) is 2.25. The van der Waals surface area contributed by atoms with Gasteiger partial charge in [0.15, 0.2) is 5.84 Å². The maximum atomic E-state index is 12.0. The van der Waals surface area contributed by atoms with Crippen LogP contribution in [0.15, 0.2) is 17.3 Å². The SMILES string of the molecule is CC(N[S+]([O-])C(C)(C)C)c1ccc(C(N)=NO)s1. The summed E-state index contributed by atoms with van der Waals surface area (Å²) in [7, 11) is 0. The van der Waals surface area contributed by atoms with E-state index in [0.29, 0.717) is 4.88 Å². The van der Waals surface area contributed by atoms with Crippen LogP contribution in [0.25, 0.3) is 0 Å². The van der Waals surface area contributed by atoms with Crippen molar-refractivity contribution in [2.24, 2.45) is 10.9 Å². The van der Waals surface area contributed by atoms with Gasteiger partial charge in [-0.15, -0.1) is 16.1 Å². The Morgan fingerprint density at radius 1 is 1.56 bits per heavy atom. The lowest BCUT2D eigenvalue weighted by Crippen LogP contribution is -2.40. The normalized spacial score (nSPS) is 16.6. The maximum absolute atomic E-state index is 12.0. The van der Waals surface area contributed by atoms with E-state index in [1.165, 1.54) is 11.3 Å². The highest BCUT2D eigenvalue weighted by Crippen LogP contribution is 2.25. The zero-order chi connectivity index (χ0) is 13.9. The van der Waals surface area contributed by atoms with Gasteiger partial charge in [0.25, 0.3) is 0 Å². The fourth-order valence-corrected chi connectivity index (χ4v) is 2.95. The highest BCUT2D eigenvalue weighted by atomic mass is 32.2. The molecule has 0 saturated heterocycles. The van der Waals surface area contributed by atoms with Crippen molar-refractivity contribution < 1.29 is 9.76 Å². The van der Waals surface area contributed by atoms with Crippen molar-refractivity contribution in [3.8, 4) is 0 Å². The van der Waals surface area contributed by atoms with Gasteiger partial charge in [0, 0.05) is 16.2 Å². The summed E-state index contributed by atoms with van der Waals surface area (Å²) in [6.45, 7) is 7.68. The molecule has 0 saturated carbocycles. The third kappa shape index (κ3) is 3.88. The minimum atomic E-state index is -1.13. The molecule has 1 rings (SSSR count). The van der Waals surface area contributed by atoms with Crippen molar-refractivity contribution in [1.29, 1.82) is 0 Å². The minimum absolute atomic E-state index is 0.0460. The lowest BCUT2D eigenvalue weighted by molar-refractivity contribution is 0.319. The molecule has 1 aromatic heterocycles. The number of amidine groups is 1. The summed E-state index contributed by atoms with van der Waals surface area (Å²) in [5.74, 6) is 0.0930. The molecule has 0 bridgehead atoms. The van der Waals surface area contributed by atoms with Gasteiger partial charge in [-0.1, -0.05) is 5.16 Å². The molecule has 0 fully saturated rings. The predicted molar refractivity (Wildman–Crippen MR) is 76.3 cm³/mol. The zero-order valence-electron chi connectivity index (χ0n) is 10.9. The second-order valence-corrected chi connectivity index (χ2v) is 8.02. The van der Waals surface area contributed by atoms with Crippen LogP contribution in [0.4, 0.5) is 0 Å². The van der Waals surface area contributed by atoms with Crippen molar-refractivity contribution in [3.05, 3.63) is 21.9 Å². The van der Waals surface area contributed by atoms with Crippen molar-refractivity contribution in [2.45, 2.75) is 38.5 Å². The van der Waals surface area contributed by atoms with E-state index in [4.69, 9.17) is 10.9 Å². The molecule has 102 valence electrons. The molecule has 1 aromatic rings. The molecular formula is C11H19N3O2S2. The highest BCUT2D eigenvalue weighted by Gasteiger charge is 2.28. The van der Waals surface area contributed by atoms with Crippen molar-refractivity contribution in [3.63, 3.8) is 0 Å². The summed E-state index contributed by atoms with van der Waals surface area (Å²) < 4.78 is 14.7. The predicted octanol–water partition coefficient (Wildman–Crippen LogP) is 1.96. The molecule has 0 radical (unpaired) electrons. The summed E-state index contributed by atoms with van der Waals surface area (Å²) in [6.07, 6.45) is 0. The van der Waals surface area contributed by atoms with Crippen LogP contribution in [0.1, 0.15) is 43.5 Å². The molecule has 0 spiro atoms. The van der Waals surface area contributed by atoms with Crippen LogP contribution >= 0.6 is 11.3 Å². The van der Waals surface area contributed by atoms with Crippen molar-refractivity contribution in [1.82, 2.24) is 4.72 Å². The van der Waals surface area contributed by atoms with E-state index in [0.717, 1.165) is 4.88 Å². The second kappa shape index (κ2) is 5.92. The summed E-state index contributed by atoms with van der Waals surface area (Å²) in [5, 5.41) is 11.5. The Morgan fingerprint density at radius 3 is 2.67 bits per heavy atom. The van der Waals surface area contributed by atoms with Gasteiger partial charge >= 0.3 is 0 Å². The van der Waals surface area contributed by atoms with Crippen molar-refractivity contribution >= 4 is 28.5 Å². The Balaban J connectivity index is 2.74. The molecule has 0 aliphatic rings. The first-order chi connectivity index (χ1) is 8.25. The number of rotatable bonds is 4. The summed E-state index contributed by atoms with van der Waals surface area (Å²) in [5.41, 5.74) is 5.51. The van der Waals surface area contributed by atoms with Gasteiger partial charge in [-0.25, -0.2) is 0 Å². The highest BCUT2D eigenvalue weighted by molar-refractivity contribution is 7.90. The van der Waals surface area contributed by atoms with Crippen LogP contribution in [-0.2, 0) is 11.4 Å². The Kier molecular flexibility index (Phi) is 5.03. The molecule has 4 N–H and O–H groups in total. The number of nitrogens with zero attached hydrogens (tertiary/aromatic N) is 1. The van der Waals surface area contributed by atoms with Crippen LogP contribution in [0.2, 0.25) is 0 Å². The largest absolute Gasteiger partial charge is 0.598 e. The van der Waals surface area contributed by atoms with Crippen LogP contribution in [0.3, 0.4) is 0 Å². The van der Waals surface area contributed by atoms with Gasteiger partial charge in [0.2, 0.25) is 0 Å². The Bertz CT molecular complexity index is 426. The van der Waals surface area contributed by atoms with Crippen LogP contribution in [0.5, 0.6) is 0 Å². The summed E-state index contributed by atoms with van der Waals surface area (Å²) >= 11 is 0.288. The number of hydrogen-bond donors (Lipinski definition) is 3. The van der Waals surface area contributed by atoms with Crippen LogP contribution in [0, 0.1) is 0 Å². The first-order valence-electron chi connectivity index (χ1n) is 5.51. The molecule has 7 heteroatoms. The standard InChI is InChI=1S/C11H19N3O2S2/c1-7(14-18(16)11(2,3)4)8-5-6-9(17-8)10(12)13-15/h5-7,14-15H,1-4H3,(H2,12,13). The van der Waals surface area contributed by atoms with E-state index in [1.807, 2.05) is 33.8 Å². The third-order valence-corrected chi connectivity index (χ3v) is 5.22. The fourth-order valence-electron chi connectivity index (χ4n) is 1.17. The van der Waals surface area contributed by atoms with E-state index >= 15 is 0 Å². The number of nitrogens with one attached hydrogen (secondary N) is 1. The lowest BCUT2D eigenvalue weighted by Gasteiger charge is -2.26. The van der Waals surface area contributed by atoms with Crippen LogP contribution < -0.4 is 10.5 Å². The molecule has 5 nitrogen and oxygen atoms in total. The quantitative estimate of drug-likeness (QED) is 0.260. The number of hydrogen-bond acceptors (Lipinski definition) is 5. The lowest BCUT2D eigenvalue weighted by atomic mass is 10.3. The zero-order valence-corrected chi connectivity index (χ0v) is 12.6. The number of thiophene rings is 1. The van der Waals surface area contributed by atoms with E-state index in [-0.39, 0.29) is 16.6 Å². The molecule has 0 aromatic carbocycles. The van der Waals surface area contributed by atoms with Gasteiger partial charge < -0.3 is 15.5 Å². The molecule has 1 heterocycles. The molecule has 18 heavy (non-hydrogen) atoms. The van der Waals surface area contributed by atoms with E-state index in [1.54, 1.807) is 6.07 Å². The topological polar surface area (TPSA) is 93.7 Å². The van der Waals surface area contributed by atoms with Gasteiger partial charge in [0.05, 0.1) is 10.9 Å². The van der Waals surface area contributed by atoms with Crippen LogP contribution in [-0.4, -0.2) is 20.3 Å². The fraction of sp³-hybridized carbons (Fsp3) is 0.545. The van der Waals surface area contributed by atoms with Gasteiger partial charge in [-0.2, -0.15) is 0 Å². The molecule has 2 unspecified atom stereocenters. The van der Waals surface area contributed by atoms with E-state index in [2.05, 4.69) is 9.88 Å². The Hall–Kier alpha value is -0.760. The Labute approximate surface area is 114 Å². The van der Waals surface area contributed by atoms with Gasteiger partial charge in [-0.05, 0) is 39.8 Å². The molecular weight excluding hydrogens is 270 g/mol. The number of oxime groups is 1.